The second-order valence-corrected chi connectivity index (χ2v) is 30.9. The van der Waals surface area contributed by atoms with Crippen molar-refractivity contribution in [3.05, 3.63) is 0 Å². The fourth-order valence-electron chi connectivity index (χ4n) is 11.8. The zero-order valence-electron chi connectivity index (χ0n) is 62.5. The van der Waals surface area contributed by atoms with E-state index in [1.807, 2.05) is 0 Å². The van der Waals surface area contributed by atoms with Gasteiger partial charge < -0.3 is 33.8 Å². The predicted molar refractivity (Wildman–Crippen MR) is 391 cm³/mol. The van der Waals surface area contributed by atoms with Crippen molar-refractivity contribution in [2.75, 3.05) is 39.6 Å². The highest BCUT2D eigenvalue weighted by Crippen LogP contribution is 2.45. The molecule has 0 amide bonds. The van der Waals surface area contributed by atoms with Gasteiger partial charge in [0.25, 0.3) is 0 Å². The maximum Gasteiger partial charge on any atom is 0.472 e. The van der Waals surface area contributed by atoms with Crippen LogP contribution in [0.25, 0.3) is 0 Å². The molecule has 0 aliphatic heterocycles. The van der Waals surface area contributed by atoms with Crippen LogP contribution >= 0.6 is 15.6 Å². The summed E-state index contributed by atoms with van der Waals surface area (Å²) in [4.78, 5) is 72.8. The lowest BCUT2D eigenvalue weighted by molar-refractivity contribution is -0.161. The highest BCUT2D eigenvalue weighted by Gasteiger charge is 2.30. The van der Waals surface area contributed by atoms with Gasteiger partial charge >= 0.3 is 39.5 Å². The summed E-state index contributed by atoms with van der Waals surface area (Å²) in [6.45, 7) is 7.29. The number of hydrogen-bond donors (Lipinski definition) is 3. The Bertz CT molecular complexity index is 1840. The molecule has 96 heavy (non-hydrogen) atoms. The SMILES string of the molecule is CCCCCCCCCCCCCCCCCCCCCCCCC(=O)O[C@H](COC(=O)CCCCCCCCCCC(C)CC)COP(=O)(O)OC[C@@H](O)COP(=O)(O)OC[C@@H](COC(=O)CCCCCCCCCCCCC)OC(=O)CCCCCCCCCCCCC. The van der Waals surface area contributed by atoms with E-state index in [0.717, 1.165) is 95.8 Å². The van der Waals surface area contributed by atoms with Crippen LogP contribution in [0, 0.1) is 5.92 Å². The molecule has 0 aromatic rings. The van der Waals surface area contributed by atoms with E-state index in [0.29, 0.717) is 25.7 Å². The van der Waals surface area contributed by atoms with Crippen LogP contribution in [0.1, 0.15) is 407 Å². The normalized spacial score (nSPS) is 14.2. The minimum Gasteiger partial charge on any atom is -0.462 e. The third kappa shape index (κ3) is 69.2. The van der Waals surface area contributed by atoms with E-state index in [1.165, 1.54) is 231 Å². The number of phosphoric acid groups is 2. The second kappa shape index (κ2) is 70.1. The molecule has 6 atom stereocenters. The van der Waals surface area contributed by atoms with Gasteiger partial charge in [-0.15, -0.1) is 0 Å². The lowest BCUT2D eigenvalue weighted by Crippen LogP contribution is -2.30. The zero-order valence-corrected chi connectivity index (χ0v) is 64.3. The van der Waals surface area contributed by atoms with Crippen molar-refractivity contribution >= 4 is 39.5 Å². The summed E-state index contributed by atoms with van der Waals surface area (Å²) in [6, 6.07) is 0. The summed E-state index contributed by atoms with van der Waals surface area (Å²) < 4.78 is 68.5. The summed E-state index contributed by atoms with van der Waals surface area (Å²) in [5.41, 5.74) is 0. The van der Waals surface area contributed by atoms with E-state index in [4.69, 9.17) is 37.0 Å². The van der Waals surface area contributed by atoms with Gasteiger partial charge in [0.1, 0.15) is 19.3 Å². The molecule has 0 aliphatic rings. The Morgan fingerprint density at radius 2 is 0.500 bits per heavy atom. The van der Waals surface area contributed by atoms with E-state index in [-0.39, 0.29) is 25.7 Å². The molecular formula is C77H150O17P2. The highest BCUT2D eigenvalue weighted by atomic mass is 31.2. The maximum absolute atomic E-state index is 13.1. The quantitative estimate of drug-likeness (QED) is 0.0222. The van der Waals surface area contributed by atoms with E-state index in [9.17, 15) is 43.2 Å². The average molecular weight is 1410 g/mol. The number of aliphatic hydroxyl groups excluding tert-OH is 1. The largest absolute Gasteiger partial charge is 0.472 e. The molecule has 0 radical (unpaired) electrons. The number of ether oxygens (including phenoxy) is 4. The monoisotopic (exact) mass is 1410 g/mol. The standard InChI is InChI=1S/C77H150O17P2/c1-6-10-13-16-19-22-25-26-27-28-29-30-31-32-33-34-35-38-41-48-53-58-63-77(82)94-73(67-88-75(80)61-56-51-46-43-42-44-49-54-59-70(5)9-4)69-92-96(85,86)90-65-71(78)64-89-95(83,84)91-68-72(93-76(81)62-57-52-47-40-37-24-21-18-15-12-8-3)66-87-74(79)60-55-50-45-39-36-23-20-17-14-11-7-2/h70-73,78H,6-69H2,1-5H3,(H,83,84)(H,85,86)/t70?,71-,72+,73+/m0/s1. The third-order valence-electron chi connectivity index (χ3n) is 18.4. The molecule has 0 spiro atoms. The fourth-order valence-corrected chi connectivity index (χ4v) is 13.4. The number of rotatable bonds is 77. The van der Waals surface area contributed by atoms with Gasteiger partial charge in [0.15, 0.2) is 12.2 Å². The van der Waals surface area contributed by atoms with Crippen molar-refractivity contribution in [3.8, 4) is 0 Å². The molecule has 0 aliphatic carbocycles. The molecule has 0 saturated heterocycles. The topological polar surface area (TPSA) is 237 Å². The Hall–Kier alpha value is -1.94. The number of phosphoric ester groups is 2. The van der Waals surface area contributed by atoms with Crippen molar-refractivity contribution in [2.24, 2.45) is 5.92 Å². The average Bonchev–Trinajstić information content (AvgIpc) is 1.14. The summed E-state index contributed by atoms with van der Waals surface area (Å²) in [5, 5.41) is 10.6. The molecule has 3 N–H and O–H groups in total. The lowest BCUT2D eigenvalue weighted by atomic mass is 9.99. The Balaban J connectivity index is 5.17. The first-order valence-electron chi connectivity index (χ1n) is 40.2. The van der Waals surface area contributed by atoms with Gasteiger partial charge in [-0.1, -0.05) is 356 Å². The molecule has 0 aromatic carbocycles. The van der Waals surface area contributed by atoms with Crippen molar-refractivity contribution in [3.63, 3.8) is 0 Å². The van der Waals surface area contributed by atoms with Crippen LogP contribution in [-0.4, -0.2) is 96.7 Å². The van der Waals surface area contributed by atoms with Crippen LogP contribution in [-0.2, 0) is 65.4 Å². The van der Waals surface area contributed by atoms with E-state index in [2.05, 4.69) is 34.6 Å². The van der Waals surface area contributed by atoms with Crippen LogP contribution in [0.2, 0.25) is 0 Å². The minimum atomic E-state index is -4.96. The van der Waals surface area contributed by atoms with E-state index >= 15 is 0 Å². The molecule has 0 heterocycles. The molecule has 0 rings (SSSR count). The Labute approximate surface area is 588 Å². The van der Waals surface area contributed by atoms with Gasteiger partial charge in [-0.2, -0.15) is 0 Å². The number of hydrogen-bond acceptors (Lipinski definition) is 15. The second-order valence-electron chi connectivity index (χ2n) is 28.0. The van der Waals surface area contributed by atoms with Crippen molar-refractivity contribution < 1.29 is 80.2 Å². The van der Waals surface area contributed by atoms with Crippen molar-refractivity contribution in [2.45, 2.75) is 425 Å². The molecule has 570 valence electrons. The zero-order chi connectivity index (χ0) is 70.5. The molecule has 0 aromatic heterocycles. The lowest BCUT2D eigenvalue weighted by Gasteiger charge is -2.21. The summed E-state index contributed by atoms with van der Waals surface area (Å²) in [7, 11) is -9.91. The van der Waals surface area contributed by atoms with Gasteiger partial charge in [0.05, 0.1) is 26.4 Å². The molecule has 19 heteroatoms. The number of esters is 4. The molecule has 0 fully saturated rings. The highest BCUT2D eigenvalue weighted by molar-refractivity contribution is 7.47. The van der Waals surface area contributed by atoms with Crippen LogP contribution in [0.15, 0.2) is 0 Å². The van der Waals surface area contributed by atoms with Crippen LogP contribution < -0.4 is 0 Å². The number of unbranched alkanes of at least 4 members (excludes halogenated alkanes) is 48. The smallest absolute Gasteiger partial charge is 0.462 e. The van der Waals surface area contributed by atoms with Gasteiger partial charge in [-0.25, -0.2) is 9.13 Å². The Kier molecular flexibility index (Phi) is 68.7. The van der Waals surface area contributed by atoms with Crippen LogP contribution in [0.4, 0.5) is 0 Å². The predicted octanol–water partition coefficient (Wildman–Crippen LogP) is 22.9. The van der Waals surface area contributed by atoms with Crippen LogP contribution in [0.3, 0.4) is 0 Å². The minimum absolute atomic E-state index is 0.107. The fraction of sp³-hybridized carbons (Fsp3) is 0.948. The maximum atomic E-state index is 13.1. The summed E-state index contributed by atoms with van der Waals surface area (Å²) in [6.07, 6.45) is 59.7. The molecule has 0 bridgehead atoms. The van der Waals surface area contributed by atoms with Crippen LogP contribution in [0.5, 0.6) is 0 Å². The van der Waals surface area contributed by atoms with Gasteiger partial charge in [-0.05, 0) is 31.6 Å². The van der Waals surface area contributed by atoms with E-state index in [1.54, 1.807) is 0 Å². The summed E-state index contributed by atoms with van der Waals surface area (Å²) in [5.74, 6) is -1.34. The van der Waals surface area contributed by atoms with Crippen molar-refractivity contribution in [1.29, 1.82) is 0 Å². The van der Waals surface area contributed by atoms with Gasteiger partial charge in [-0.3, -0.25) is 37.3 Å². The Morgan fingerprint density at radius 3 is 0.740 bits per heavy atom. The summed E-state index contributed by atoms with van der Waals surface area (Å²) >= 11 is 0. The van der Waals surface area contributed by atoms with Gasteiger partial charge in [0.2, 0.25) is 0 Å². The first kappa shape index (κ1) is 94.1. The number of carbonyl (C=O) groups is 4. The first-order valence-corrected chi connectivity index (χ1v) is 43.2. The van der Waals surface area contributed by atoms with Crippen molar-refractivity contribution in [1.82, 2.24) is 0 Å². The molecular weight excluding hydrogens is 1260 g/mol. The van der Waals surface area contributed by atoms with E-state index < -0.39 is 97.5 Å². The number of carbonyl (C=O) groups excluding carboxylic acids is 4. The first-order chi connectivity index (χ1) is 46.6. The number of aliphatic hydroxyl groups is 1. The van der Waals surface area contributed by atoms with Gasteiger partial charge in [0, 0.05) is 25.7 Å². The molecule has 3 unspecified atom stereocenters. The Morgan fingerprint density at radius 1 is 0.292 bits per heavy atom. The molecule has 17 nitrogen and oxygen atoms in total. The molecule has 0 saturated carbocycles. The third-order valence-corrected chi connectivity index (χ3v) is 20.3.